The lowest BCUT2D eigenvalue weighted by Crippen LogP contribution is -2.55. The van der Waals surface area contributed by atoms with Crippen molar-refractivity contribution in [3.63, 3.8) is 0 Å². The zero-order valence-corrected chi connectivity index (χ0v) is 15.9. The Morgan fingerprint density at radius 2 is 1.75 bits per heavy atom. The molecule has 4 aliphatic carbocycles. The minimum absolute atomic E-state index is 0.126. The van der Waals surface area contributed by atoms with Gasteiger partial charge in [-0.1, -0.05) is 32.4 Å². The van der Waals surface area contributed by atoms with Gasteiger partial charge in [-0.15, -0.1) is 0 Å². The van der Waals surface area contributed by atoms with Crippen LogP contribution in [0.5, 0.6) is 0 Å². The van der Waals surface area contributed by atoms with Gasteiger partial charge in [0.05, 0.1) is 6.10 Å². The largest absolute Gasteiger partial charge is 0.393 e. The van der Waals surface area contributed by atoms with E-state index in [2.05, 4.69) is 26.8 Å². The van der Waals surface area contributed by atoms with Crippen molar-refractivity contribution in [1.82, 2.24) is 0 Å². The highest BCUT2D eigenvalue weighted by atomic mass is 16.3. The van der Waals surface area contributed by atoms with E-state index in [1.807, 2.05) is 6.92 Å². The molecule has 0 saturated heterocycles. The fraction of sp³-hybridized carbons (Fsp3) is 0.864. The van der Waals surface area contributed by atoms with E-state index in [9.17, 15) is 9.90 Å². The van der Waals surface area contributed by atoms with E-state index in [-0.39, 0.29) is 17.4 Å². The number of carbonyl (C=O) groups is 1. The van der Waals surface area contributed by atoms with Gasteiger partial charge in [0.1, 0.15) is 5.78 Å². The van der Waals surface area contributed by atoms with Crippen LogP contribution >= 0.6 is 0 Å². The summed E-state index contributed by atoms with van der Waals surface area (Å²) in [5, 5.41) is 10.1. The van der Waals surface area contributed by atoms with Crippen LogP contribution in [0.2, 0.25) is 0 Å². The lowest BCUT2D eigenvalue weighted by Gasteiger charge is -2.62. The molecule has 0 spiro atoms. The summed E-state index contributed by atoms with van der Waals surface area (Å²) in [6.07, 6.45) is 11.3. The first-order valence-corrected chi connectivity index (χ1v) is 10.1. The number of rotatable bonds is 1. The molecule has 0 radical (unpaired) electrons. The van der Waals surface area contributed by atoms with E-state index < -0.39 is 0 Å². The van der Waals surface area contributed by atoms with Gasteiger partial charge in [0, 0.05) is 5.92 Å². The maximum atomic E-state index is 12.3. The van der Waals surface area contributed by atoms with Crippen LogP contribution in [0, 0.1) is 34.0 Å². The summed E-state index contributed by atoms with van der Waals surface area (Å²) in [6.45, 7) is 9.22. The SMILES string of the molecule is CC(=O)[C@H]1CC[C@@]2(C)[C@@H]3CC=C4C[C@@H](O)CC[C@]4(C)[C@H]3CC[C@]12C. The average Bonchev–Trinajstić information content (AvgIpc) is 2.80. The van der Waals surface area contributed by atoms with Gasteiger partial charge in [0.2, 0.25) is 0 Å². The Labute approximate surface area is 147 Å². The first-order valence-electron chi connectivity index (χ1n) is 10.1. The molecule has 0 heterocycles. The van der Waals surface area contributed by atoms with Crippen LogP contribution in [-0.2, 0) is 4.79 Å². The molecule has 0 aromatic heterocycles. The third kappa shape index (κ3) is 1.95. The van der Waals surface area contributed by atoms with Crippen molar-refractivity contribution in [2.75, 3.05) is 0 Å². The Hall–Kier alpha value is -0.630. The quantitative estimate of drug-likeness (QED) is 0.694. The number of carbonyl (C=O) groups excluding carboxylic acids is 1. The summed E-state index contributed by atoms with van der Waals surface area (Å²) in [7, 11) is 0. The highest BCUT2D eigenvalue weighted by Gasteiger charge is 2.65. The fourth-order valence-electron chi connectivity index (χ4n) is 7.68. The molecule has 4 aliphatic rings. The summed E-state index contributed by atoms with van der Waals surface area (Å²) in [5.74, 6) is 2.15. The average molecular weight is 331 g/mol. The molecule has 7 atom stereocenters. The van der Waals surface area contributed by atoms with Gasteiger partial charge in [-0.2, -0.15) is 0 Å². The number of Topliss-reactive ketones (excluding diaryl/α,β-unsaturated/α-hetero) is 1. The monoisotopic (exact) mass is 330 g/mol. The molecule has 134 valence electrons. The lowest BCUT2D eigenvalue weighted by molar-refractivity contribution is -0.136. The van der Waals surface area contributed by atoms with E-state index in [1.54, 1.807) is 0 Å². The van der Waals surface area contributed by atoms with E-state index in [0.717, 1.165) is 31.6 Å². The molecular formula is C22H34O2. The molecule has 2 nitrogen and oxygen atoms in total. The second-order valence-electron chi connectivity index (χ2n) is 10.1. The number of hydrogen-bond acceptors (Lipinski definition) is 2. The normalized spacial score (nSPS) is 53.6. The minimum atomic E-state index is -0.126. The Kier molecular flexibility index (Phi) is 3.64. The molecule has 3 saturated carbocycles. The second kappa shape index (κ2) is 5.19. The Morgan fingerprint density at radius 3 is 2.46 bits per heavy atom. The Bertz CT molecular complexity index is 593. The van der Waals surface area contributed by atoms with Crippen molar-refractivity contribution in [1.29, 1.82) is 0 Å². The molecular weight excluding hydrogens is 296 g/mol. The molecule has 4 rings (SSSR count). The van der Waals surface area contributed by atoms with Gasteiger partial charge in [0.25, 0.3) is 0 Å². The standard InChI is InChI=1S/C22H34O2/c1-14(23)17-8-11-22(4)19-6-5-15-13-16(24)7-10-20(15,2)18(19)9-12-21(17,22)3/h5,16-19,24H,6-13H2,1-4H3/t16-,17+,18-,19+,20-,21+,22-/m0/s1. The van der Waals surface area contributed by atoms with E-state index >= 15 is 0 Å². The highest BCUT2D eigenvalue weighted by Crippen LogP contribution is 2.71. The first kappa shape index (κ1) is 16.8. The molecule has 0 aromatic rings. The topological polar surface area (TPSA) is 37.3 Å². The van der Waals surface area contributed by atoms with Gasteiger partial charge in [-0.25, -0.2) is 0 Å². The minimum Gasteiger partial charge on any atom is -0.393 e. The number of hydrogen-bond donors (Lipinski definition) is 1. The number of aliphatic hydroxyl groups excluding tert-OH is 1. The maximum absolute atomic E-state index is 12.3. The number of allylic oxidation sites excluding steroid dienone is 1. The maximum Gasteiger partial charge on any atom is 0.133 e. The highest BCUT2D eigenvalue weighted by molar-refractivity contribution is 5.79. The zero-order chi connectivity index (χ0) is 17.3. The van der Waals surface area contributed by atoms with E-state index in [0.29, 0.717) is 22.5 Å². The Balaban J connectivity index is 1.72. The van der Waals surface area contributed by atoms with Crippen LogP contribution in [0.15, 0.2) is 11.6 Å². The number of fused-ring (bicyclic) bond motifs is 5. The number of ketones is 1. The van der Waals surface area contributed by atoms with Crippen molar-refractivity contribution in [3.8, 4) is 0 Å². The molecule has 0 aromatic carbocycles. The van der Waals surface area contributed by atoms with Gasteiger partial charge in [0.15, 0.2) is 0 Å². The molecule has 1 N–H and O–H groups in total. The van der Waals surface area contributed by atoms with Gasteiger partial charge >= 0.3 is 0 Å². The molecule has 0 aliphatic heterocycles. The van der Waals surface area contributed by atoms with Crippen LogP contribution in [0.25, 0.3) is 0 Å². The van der Waals surface area contributed by atoms with Crippen molar-refractivity contribution in [2.45, 2.75) is 85.2 Å². The lowest BCUT2D eigenvalue weighted by atomic mass is 9.42. The summed E-state index contributed by atoms with van der Waals surface area (Å²) < 4.78 is 0. The van der Waals surface area contributed by atoms with Crippen molar-refractivity contribution >= 4 is 5.78 Å². The third-order valence-corrected chi connectivity index (χ3v) is 9.42. The third-order valence-electron chi connectivity index (χ3n) is 9.42. The summed E-state index contributed by atoms with van der Waals surface area (Å²) >= 11 is 0. The summed E-state index contributed by atoms with van der Waals surface area (Å²) in [5.41, 5.74) is 2.32. The van der Waals surface area contributed by atoms with Crippen LogP contribution in [0.1, 0.15) is 79.1 Å². The molecule has 24 heavy (non-hydrogen) atoms. The van der Waals surface area contributed by atoms with E-state index in [4.69, 9.17) is 0 Å². The number of aliphatic hydroxyl groups is 1. The van der Waals surface area contributed by atoms with Crippen LogP contribution < -0.4 is 0 Å². The summed E-state index contributed by atoms with van der Waals surface area (Å²) in [4.78, 5) is 12.3. The molecule has 3 fully saturated rings. The second-order valence-corrected chi connectivity index (χ2v) is 10.1. The summed E-state index contributed by atoms with van der Waals surface area (Å²) in [6, 6.07) is 0. The smallest absolute Gasteiger partial charge is 0.133 e. The zero-order valence-electron chi connectivity index (χ0n) is 15.9. The molecule has 0 amide bonds. The van der Waals surface area contributed by atoms with Gasteiger partial charge < -0.3 is 5.11 Å². The first-order chi connectivity index (χ1) is 11.2. The molecule has 2 heteroatoms. The Morgan fingerprint density at radius 1 is 1.04 bits per heavy atom. The molecule has 0 bridgehead atoms. The predicted octanol–water partition coefficient (Wildman–Crippen LogP) is 4.91. The molecule has 0 unspecified atom stereocenters. The van der Waals surface area contributed by atoms with Gasteiger partial charge in [-0.3, -0.25) is 4.79 Å². The van der Waals surface area contributed by atoms with Crippen molar-refractivity contribution in [3.05, 3.63) is 11.6 Å². The van der Waals surface area contributed by atoms with Gasteiger partial charge in [-0.05, 0) is 86.4 Å². The van der Waals surface area contributed by atoms with Crippen LogP contribution in [0.3, 0.4) is 0 Å². The van der Waals surface area contributed by atoms with Crippen LogP contribution in [-0.4, -0.2) is 17.0 Å². The van der Waals surface area contributed by atoms with E-state index in [1.165, 1.54) is 31.3 Å². The predicted molar refractivity (Wildman–Crippen MR) is 96.5 cm³/mol. The van der Waals surface area contributed by atoms with Crippen LogP contribution in [0.4, 0.5) is 0 Å². The van der Waals surface area contributed by atoms with Crippen molar-refractivity contribution < 1.29 is 9.90 Å². The fourth-order valence-corrected chi connectivity index (χ4v) is 7.68. The van der Waals surface area contributed by atoms with Crippen molar-refractivity contribution in [2.24, 2.45) is 34.0 Å².